The van der Waals surface area contributed by atoms with Gasteiger partial charge in [0.25, 0.3) is 5.78 Å². The van der Waals surface area contributed by atoms with Crippen LogP contribution in [0.4, 0.5) is 5.82 Å². The van der Waals surface area contributed by atoms with Crippen LogP contribution in [0.15, 0.2) is 58.6 Å². The predicted octanol–water partition coefficient (Wildman–Crippen LogP) is 4.28. The Hall–Kier alpha value is -3.78. The third-order valence-corrected chi connectivity index (χ3v) is 5.40. The summed E-state index contributed by atoms with van der Waals surface area (Å²) < 4.78 is 16.1. The van der Waals surface area contributed by atoms with Crippen molar-refractivity contribution in [3.05, 3.63) is 76.0 Å². The average molecular weight is 455 g/mol. The molecule has 3 aromatic rings. The van der Waals surface area contributed by atoms with Gasteiger partial charge in [0.1, 0.15) is 17.6 Å². The molecule has 1 saturated heterocycles. The molecule has 2 aromatic carbocycles. The maximum absolute atomic E-state index is 13.1. The highest BCUT2D eigenvalue weighted by molar-refractivity contribution is 6.51. The molecule has 0 bridgehead atoms. The summed E-state index contributed by atoms with van der Waals surface area (Å²) in [6.07, 6.45) is 0. The van der Waals surface area contributed by atoms with Crippen LogP contribution in [0.2, 0.25) is 5.02 Å². The predicted molar refractivity (Wildman–Crippen MR) is 117 cm³/mol. The van der Waals surface area contributed by atoms with Gasteiger partial charge in [0, 0.05) is 22.2 Å². The minimum Gasteiger partial charge on any atom is -0.507 e. The number of ether oxygens (including phenoxy) is 2. The number of ketones is 1. The van der Waals surface area contributed by atoms with Gasteiger partial charge in [0.2, 0.25) is 0 Å². The van der Waals surface area contributed by atoms with Crippen LogP contribution in [0.3, 0.4) is 0 Å². The van der Waals surface area contributed by atoms with Crippen LogP contribution >= 0.6 is 11.6 Å². The van der Waals surface area contributed by atoms with Gasteiger partial charge in [-0.3, -0.25) is 14.5 Å². The van der Waals surface area contributed by atoms with Crippen LogP contribution in [0.25, 0.3) is 5.76 Å². The number of aliphatic hydroxyl groups excluding tert-OH is 1. The standard InChI is InChI=1S/C23H19ClN2O6/c1-12-11-17(25-32-12)26-19(15-5-4-6-16(30-2)22(15)31-3)18(21(28)23(26)29)20(27)13-7-9-14(24)10-8-13/h4-11,19,27H,1-3H3/t19-/m0/s1. The number of halogens is 1. The number of aliphatic hydroxyl groups is 1. The van der Waals surface area contributed by atoms with Gasteiger partial charge in [-0.25, -0.2) is 0 Å². The number of aryl methyl sites for hydroxylation is 1. The van der Waals surface area contributed by atoms with Gasteiger partial charge in [-0.05, 0) is 37.3 Å². The molecule has 1 aliphatic heterocycles. The first-order valence-corrected chi connectivity index (χ1v) is 9.96. The monoisotopic (exact) mass is 454 g/mol. The summed E-state index contributed by atoms with van der Waals surface area (Å²) >= 11 is 5.95. The molecule has 1 amide bonds. The molecule has 2 heterocycles. The van der Waals surface area contributed by atoms with E-state index in [0.29, 0.717) is 33.4 Å². The van der Waals surface area contributed by atoms with E-state index in [1.165, 1.54) is 25.2 Å². The van der Waals surface area contributed by atoms with Crippen molar-refractivity contribution in [3.63, 3.8) is 0 Å². The number of amides is 1. The Morgan fingerprint density at radius 2 is 1.84 bits per heavy atom. The average Bonchev–Trinajstić information content (AvgIpc) is 3.33. The number of carbonyl (C=O) groups excluding carboxylic acids is 2. The van der Waals surface area contributed by atoms with Crippen molar-refractivity contribution in [1.82, 2.24) is 5.16 Å². The summed E-state index contributed by atoms with van der Waals surface area (Å²) in [6.45, 7) is 1.67. The highest BCUT2D eigenvalue weighted by atomic mass is 35.5. The molecule has 1 aromatic heterocycles. The van der Waals surface area contributed by atoms with Crippen LogP contribution in [-0.4, -0.2) is 36.2 Å². The molecule has 8 nitrogen and oxygen atoms in total. The second-order valence-corrected chi connectivity index (χ2v) is 7.49. The van der Waals surface area contributed by atoms with E-state index in [-0.39, 0.29) is 17.2 Å². The van der Waals surface area contributed by atoms with E-state index >= 15 is 0 Å². The Bertz CT molecular complexity index is 1230. The van der Waals surface area contributed by atoms with E-state index in [4.69, 9.17) is 25.6 Å². The number of nitrogens with zero attached hydrogens (tertiary/aromatic N) is 2. The highest BCUT2D eigenvalue weighted by Gasteiger charge is 2.49. The Morgan fingerprint density at radius 1 is 1.12 bits per heavy atom. The van der Waals surface area contributed by atoms with Crippen LogP contribution in [0, 0.1) is 6.92 Å². The SMILES string of the molecule is COc1cccc([C@H]2C(=C(O)c3ccc(Cl)cc3)C(=O)C(=O)N2c2cc(C)on2)c1OC. The number of Topliss-reactive ketones (excluding diaryl/α,β-unsaturated/α-hetero) is 1. The van der Waals surface area contributed by atoms with Crippen molar-refractivity contribution in [2.45, 2.75) is 13.0 Å². The van der Waals surface area contributed by atoms with Crippen LogP contribution in [0.1, 0.15) is 22.9 Å². The maximum atomic E-state index is 13.1. The fourth-order valence-corrected chi connectivity index (χ4v) is 3.85. The van der Waals surface area contributed by atoms with Crippen molar-refractivity contribution in [2.24, 2.45) is 0 Å². The maximum Gasteiger partial charge on any atom is 0.301 e. The quantitative estimate of drug-likeness (QED) is 0.348. The molecular formula is C23H19ClN2O6. The zero-order valence-electron chi connectivity index (χ0n) is 17.5. The summed E-state index contributed by atoms with van der Waals surface area (Å²) in [6, 6.07) is 11.8. The zero-order chi connectivity index (χ0) is 23.0. The molecule has 1 N–H and O–H groups in total. The molecule has 1 aliphatic rings. The van der Waals surface area contributed by atoms with E-state index in [9.17, 15) is 14.7 Å². The molecule has 9 heteroatoms. The van der Waals surface area contributed by atoms with Gasteiger partial charge in [-0.1, -0.05) is 28.9 Å². The molecule has 164 valence electrons. The molecule has 0 unspecified atom stereocenters. The van der Waals surface area contributed by atoms with Gasteiger partial charge >= 0.3 is 5.91 Å². The minimum absolute atomic E-state index is 0.121. The molecule has 0 aliphatic carbocycles. The Labute approximate surface area is 188 Å². The van der Waals surface area contributed by atoms with E-state index in [0.717, 1.165) is 0 Å². The van der Waals surface area contributed by atoms with E-state index in [1.54, 1.807) is 49.4 Å². The number of anilines is 1. The Balaban J connectivity index is 2.01. The van der Waals surface area contributed by atoms with E-state index in [1.807, 2.05) is 0 Å². The topological polar surface area (TPSA) is 102 Å². The number of benzene rings is 2. The van der Waals surface area contributed by atoms with Crippen molar-refractivity contribution in [1.29, 1.82) is 0 Å². The number of carbonyl (C=O) groups is 2. The van der Waals surface area contributed by atoms with Gasteiger partial charge in [0.05, 0.1) is 19.8 Å². The number of hydrogen-bond donors (Lipinski definition) is 1. The first-order valence-electron chi connectivity index (χ1n) is 9.58. The normalized spacial score (nSPS) is 17.6. The van der Waals surface area contributed by atoms with Gasteiger partial charge < -0.3 is 19.1 Å². The van der Waals surface area contributed by atoms with Crippen LogP contribution in [0.5, 0.6) is 11.5 Å². The summed E-state index contributed by atoms with van der Waals surface area (Å²) in [4.78, 5) is 27.4. The van der Waals surface area contributed by atoms with E-state index < -0.39 is 17.7 Å². The molecule has 0 radical (unpaired) electrons. The fourth-order valence-electron chi connectivity index (χ4n) is 3.72. The van der Waals surface area contributed by atoms with Crippen molar-refractivity contribution in [2.75, 3.05) is 19.1 Å². The number of rotatable bonds is 5. The number of para-hydroxylation sites is 1. The smallest absolute Gasteiger partial charge is 0.301 e. The van der Waals surface area contributed by atoms with Gasteiger partial charge in [-0.2, -0.15) is 0 Å². The number of methoxy groups -OCH3 is 2. The van der Waals surface area contributed by atoms with Crippen LogP contribution < -0.4 is 14.4 Å². The van der Waals surface area contributed by atoms with Crippen LogP contribution in [-0.2, 0) is 9.59 Å². The fraction of sp³-hybridized carbons (Fsp3) is 0.174. The lowest BCUT2D eigenvalue weighted by Crippen LogP contribution is -2.30. The minimum atomic E-state index is -1.04. The van der Waals surface area contributed by atoms with Gasteiger partial charge in [-0.15, -0.1) is 0 Å². The second kappa shape index (κ2) is 8.39. The molecular weight excluding hydrogens is 436 g/mol. The molecule has 1 fully saturated rings. The van der Waals surface area contributed by atoms with E-state index in [2.05, 4.69) is 5.16 Å². The Kier molecular flexibility index (Phi) is 5.63. The van der Waals surface area contributed by atoms with Gasteiger partial charge in [0.15, 0.2) is 17.3 Å². The molecule has 32 heavy (non-hydrogen) atoms. The zero-order valence-corrected chi connectivity index (χ0v) is 18.2. The summed E-state index contributed by atoms with van der Waals surface area (Å²) in [5, 5.41) is 15.5. The number of aromatic nitrogens is 1. The summed E-state index contributed by atoms with van der Waals surface area (Å²) in [7, 11) is 2.93. The number of hydrogen-bond acceptors (Lipinski definition) is 7. The van der Waals surface area contributed by atoms with Crippen molar-refractivity contribution >= 4 is 34.9 Å². The lowest BCUT2D eigenvalue weighted by atomic mass is 9.94. The van der Waals surface area contributed by atoms with Crippen molar-refractivity contribution < 1.29 is 28.7 Å². The highest BCUT2D eigenvalue weighted by Crippen LogP contribution is 2.47. The molecule has 0 saturated carbocycles. The molecule has 0 spiro atoms. The summed E-state index contributed by atoms with van der Waals surface area (Å²) in [5.74, 6) is -0.771. The molecule has 1 atom stereocenters. The molecule has 4 rings (SSSR count). The first kappa shape index (κ1) is 21.5. The third kappa shape index (κ3) is 3.48. The third-order valence-electron chi connectivity index (χ3n) is 5.15. The second-order valence-electron chi connectivity index (χ2n) is 7.05. The summed E-state index contributed by atoms with van der Waals surface area (Å²) in [5.41, 5.74) is 0.641. The van der Waals surface area contributed by atoms with Crippen molar-refractivity contribution in [3.8, 4) is 11.5 Å². The lowest BCUT2D eigenvalue weighted by molar-refractivity contribution is -0.132. The Morgan fingerprint density at radius 3 is 2.44 bits per heavy atom. The largest absolute Gasteiger partial charge is 0.507 e. The lowest BCUT2D eigenvalue weighted by Gasteiger charge is -2.25. The first-order chi connectivity index (χ1) is 15.4.